The highest BCUT2D eigenvalue weighted by atomic mass is 32.1. The van der Waals surface area contributed by atoms with Gasteiger partial charge in [0.15, 0.2) is 5.13 Å². The first kappa shape index (κ1) is 15.4. The first-order chi connectivity index (χ1) is 9.63. The van der Waals surface area contributed by atoms with Gasteiger partial charge in [0.05, 0.1) is 5.69 Å². The molecule has 1 aliphatic rings. The zero-order valence-electron chi connectivity index (χ0n) is 12.2. The van der Waals surface area contributed by atoms with E-state index in [9.17, 15) is 4.79 Å². The highest BCUT2D eigenvalue weighted by Gasteiger charge is 2.11. The summed E-state index contributed by atoms with van der Waals surface area (Å²) in [6.45, 7) is 8.91. The quantitative estimate of drug-likeness (QED) is 0.798. The minimum absolute atomic E-state index is 0.0713. The van der Waals surface area contributed by atoms with Gasteiger partial charge in [-0.25, -0.2) is 4.98 Å². The third-order valence-corrected chi connectivity index (χ3v) is 4.08. The highest BCUT2D eigenvalue weighted by Crippen LogP contribution is 2.16. The van der Waals surface area contributed by atoms with E-state index >= 15 is 0 Å². The summed E-state index contributed by atoms with van der Waals surface area (Å²) in [5.41, 5.74) is 1.02. The van der Waals surface area contributed by atoms with Crippen molar-refractivity contribution in [2.45, 2.75) is 13.5 Å². The molecular weight excluding hydrogens is 274 g/mol. The van der Waals surface area contributed by atoms with Crippen LogP contribution in [-0.4, -0.2) is 67.0 Å². The molecule has 0 unspecified atom stereocenters. The summed E-state index contributed by atoms with van der Waals surface area (Å²) >= 11 is 1.48. The van der Waals surface area contributed by atoms with E-state index in [0.29, 0.717) is 5.13 Å². The van der Waals surface area contributed by atoms with Gasteiger partial charge in [0.1, 0.15) is 0 Å². The second kappa shape index (κ2) is 7.68. The largest absolute Gasteiger partial charge is 0.314 e. The van der Waals surface area contributed by atoms with Gasteiger partial charge in [-0.15, -0.1) is 11.3 Å². The molecule has 0 radical (unpaired) electrons. The molecule has 0 saturated carbocycles. The van der Waals surface area contributed by atoms with Crippen molar-refractivity contribution < 1.29 is 4.79 Å². The maximum absolute atomic E-state index is 11.0. The van der Waals surface area contributed by atoms with E-state index < -0.39 is 0 Å². The SMILES string of the molecule is CC(=O)Nc1nc(CN(C)CCN2CCNCC2)cs1. The number of nitrogens with zero attached hydrogens (tertiary/aromatic N) is 3. The Morgan fingerprint density at radius 2 is 2.30 bits per heavy atom. The van der Waals surface area contributed by atoms with Crippen LogP contribution in [0.1, 0.15) is 12.6 Å². The summed E-state index contributed by atoms with van der Waals surface area (Å²) in [6.07, 6.45) is 0. The molecular formula is C13H23N5OS. The molecule has 7 heteroatoms. The molecule has 20 heavy (non-hydrogen) atoms. The molecule has 1 aliphatic heterocycles. The summed E-state index contributed by atoms with van der Waals surface area (Å²) in [5.74, 6) is -0.0713. The fraction of sp³-hybridized carbons (Fsp3) is 0.692. The Morgan fingerprint density at radius 3 is 3.00 bits per heavy atom. The Balaban J connectivity index is 1.71. The third kappa shape index (κ3) is 5.16. The number of nitrogens with one attached hydrogen (secondary N) is 2. The fourth-order valence-corrected chi connectivity index (χ4v) is 2.94. The lowest BCUT2D eigenvalue weighted by atomic mass is 10.3. The van der Waals surface area contributed by atoms with Gasteiger partial charge in [0.2, 0.25) is 5.91 Å². The summed E-state index contributed by atoms with van der Waals surface area (Å²) in [4.78, 5) is 20.1. The number of thiazole rings is 1. The van der Waals surface area contributed by atoms with E-state index in [1.165, 1.54) is 18.3 Å². The van der Waals surface area contributed by atoms with E-state index in [4.69, 9.17) is 0 Å². The smallest absolute Gasteiger partial charge is 0.223 e. The van der Waals surface area contributed by atoms with E-state index in [0.717, 1.165) is 51.5 Å². The Kier molecular flexibility index (Phi) is 5.90. The number of anilines is 1. The van der Waals surface area contributed by atoms with Crippen LogP contribution in [0.5, 0.6) is 0 Å². The van der Waals surface area contributed by atoms with Gasteiger partial charge >= 0.3 is 0 Å². The number of hydrogen-bond acceptors (Lipinski definition) is 6. The average molecular weight is 297 g/mol. The van der Waals surface area contributed by atoms with Gasteiger partial charge in [-0.3, -0.25) is 14.6 Å². The molecule has 1 aromatic rings. The van der Waals surface area contributed by atoms with Crippen molar-refractivity contribution in [2.24, 2.45) is 0 Å². The molecule has 0 spiro atoms. The molecule has 6 nitrogen and oxygen atoms in total. The highest BCUT2D eigenvalue weighted by molar-refractivity contribution is 7.13. The number of hydrogen-bond donors (Lipinski definition) is 2. The molecule has 2 heterocycles. The minimum atomic E-state index is -0.0713. The minimum Gasteiger partial charge on any atom is -0.314 e. The summed E-state index contributed by atoms with van der Waals surface area (Å²) in [6, 6.07) is 0. The van der Waals surface area contributed by atoms with Crippen LogP contribution >= 0.6 is 11.3 Å². The van der Waals surface area contributed by atoms with Crippen LogP contribution in [0.2, 0.25) is 0 Å². The van der Waals surface area contributed by atoms with Gasteiger partial charge in [-0.2, -0.15) is 0 Å². The van der Waals surface area contributed by atoms with Crippen molar-refractivity contribution in [1.82, 2.24) is 20.1 Å². The van der Waals surface area contributed by atoms with Gasteiger partial charge in [0.25, 0.3) is 0 Å². The van der Waals surface area contributed by atoms with Crippen LogP contribution in [0.15, 0.2) is 5.38 Å². The van der Waals surface area contributed by atoms with Gasteiger partial charge < -0.3 is 10.6 Å². The molecule has 1 aromatic heterocycles. The average Bonchev–Trinajstić information content (AvgIpc) is 2.84. The lowest BCUT2D eigenvalue weighted by Gasteiger charge is -2.28. The van der Waals surface area contributed by atoms with E-state index in [-0.39, 0.29) is 5.91 Å². The van der Waals surface area contributed by atoms with Crippen molar-refractivity contribution in [3.8, 4) is 0 Å². The Labute approximate surface area is 124 Å². The third-order valence-electron chi connectivity index (χ3n) is 3.27. The summed E-state index contributed by atoms with van der Waals surface area (Å²) < 4.78 is 0. The lowest BCUT2D eigenvalue weighted by Crippen LogP contribution is -2.45. The fourth-order valence-electron chi connectivity index (χ4n) is 2.19. The van der Waals surface area contributed by atoms with Gasteiger partial charge in [-0.1, -0.05) is 0 Å². The normalized spacial score (nSPS) is 16.6. The monoisotopic (exact) mass is 297 g/mol. The van der Waals surface area contributed by atoms with Crippen LogP contribution in [0.3, 0.4) is 0 Å². The zero-order valence-corrected chi connectivity index (χ0v) is 13.0. The maximum atomic E-state index is 11.0. The summed E-state index contributed by atoms with van der Waals surface area (Å²) in [5, 5.41) is 8.77. The Hall–Kier alpha value is -1.02. The van der Waals surface area contributed by atoms with Crippen LogP contribution in [0, 0.1) is 0 Å². The number of aromatic nitrogens is 1. The van der Waals surface area contributed by atoms with Crippen molar-refractivity contribution in [3.63, 3.8) is 0 Å². The Bertz CT molecular complexity index is 430. The molecule has 2 N–H and O–H groups in total. The lowest BCUT2D eigenvalue weighted by molar-refractivity contribution is -0.114. The molecule has 1 saturated heterocycles. The molecule has 0 aliphatic carbocycles. The molecule has 0 atom stereocenters. The van der Waals surface area contributed by atoms with Crippen molar-refractivity contribution in [2.75, 3.05) is 51.6 Å². The molecule has 112 valence electrons. The Morgan fingerprint density at radius 1 is 1.55 bits per heavy atom. The van der Waals surface area contributed by atoms with Gasteiger partial charge in [0, 0.05) is 58.1 Å². The molecule has 1 amide bonds. The van der Waals surface area contributed by atoms with E-state index in [1.807, 2.05) is 5.38 Å². The van der Waals surface area contributed by atoms with Crippen LogP contribution in [0.25, 0.3) is 0 Å². The van der Waals surface area contributed by atoms with Crippen LogP contribution in [-0.2, 0) is 11.3 Å². The number of carbonyl (C=O) groups excluding carboxylic acids is 1. The maximum Gasteiger partial charge on any atom is 0.223 e. The zero-order chi connectivity index (χ0) is 14.4. The van der Waals surface area contributed by atoms with Crippen molar-refractivity contribution in [1.29, 1.82) is 0 Å². The van der Waals surface area contributed by atoms with Gasteiger partial charge in [-0.05, 0) is 7.05 Å². The van der Waals surface area contributed by atoms with Crippen LogP contribution < -0.4 is 10.6 Å². The first-order valence-electron chi connectivity index (χ1n) is 6.97. The van der Waals surface area contributed by atoms with E-state index in [2.05, 4.69) is 32.5 Å². The molecule has 2 rings (SSSR count). The van der Waals surface area contributed by atoms with E-state index in [1.54, 1.807) is 0 Å². The number of piperazine rings is 1. The number of likely N-dealkylation sites (N-methyl/N-ethyl adjacent to an activating group) is 1. The molecule has 1 fully saturated rings. The predicted molar refractivity (Wildman–Crippen MR) is 82.1 cm³/mol. The second-order valence-corrected chi connectivity index (χ2v) is 6.01. The second-order valence-electron chi connectivity index (χ2n) is 5.15. The predicted octanol–water partition coefficient (Wildman–Crippen LogP) is 0.438. The molecule has 0 bridgehead atoms. The number of rotatable bonds is 6. The van der Waals surface area contributed by atoms with Crippen molar-refractivity contribution in [3.05, 3.63) is 11.1 Å². The van der Waals surface area contributed by atoms with Crippen molar-refractivity contribution >= 4 is 22.4 Å². The van der Waals surface area contributed by atoms with Crippen LogP contribution in [0.4, 0.5) is 5.13 Å². The molecule has 0 aromatic carbocycles. The number of amides is 1. The summed E-state index contributed by atoms with van der Waals surface area (Å²) in [7, 11) is 2.11. The number of carbonyl (C=O) groups is 1. The standard InChI is InChI=1S/C13H23N5OS/c1-11(19)15-13-16-12(10-20-13)9-17(2)7-8-18-5-3-14-4-6-18/h10,14H,3-9H2,1-2H3,(H,15,16,19). The first-order valence-corrected chi connectivity index (χ1v) is 7.85. The topological polar surface area (TPSA) is 60.5 Å².